The first kappa shape index (κ1) is 18.6. The lowest BCUT2D eigenvalue weighted by atomic mass is 10.0. The Morgan fingerprint density at radius 2 is 1.68 bits per heavy atom. The maximum absolute atomic E-state index is 12.8. The van der Waals surface area contributed by atoms with Crippen LogP contribution in [0.3, 0.4) is 0 Å². The van der Waals surface area contributed by atoms with E-state index in [4.69, 9.17) is 4.74 Å². The number of hydrogen-bond acceptors (Lipinski definition) is 3. The summed E-state index contributed by atoms with van der Waals surface area (Å²) in [7, 11) is 0. The lowest BCUT2D eigenvalue weighted by molar-refractivity contribution is -0.124. The molecule has 25 heavy (non-hydrogen) atoms. The highest BCUT2D eigenvalue weighted by Crippen LogP contribution is 2.15. The third kappa shape index (κ3) is 6.03. The molecule has 0 heterocycles. The molecule has 0 aliphatic heterocycles. The number of nitrogens with one attached hydrogen (secondary N) is 1. The van der Waals surface area contributed by atoms with E-state index in [0.717, 1.165) is 11.1 Å². The minimum Gasteiger partial charge on any atom is -0.452 e. The first-order valence-corrected chi connectivity index (χ1v) is 8.24. The van der Waals surface area contributed by atoms with Crippen LogP contribution in [0, 0.1) is 5.82 Å². The van der Waals surface area contributed by atoms with Crippen molar-refractivity contribution < 1.29 is 18.7 Å². The van der Waals surface area contributed by atoms with Crippen LogP contribution < -0.4 is 5.32 Å². The number of esters is 1. The van der Waals surface area contributed by atoms with Crippen LogP contribution in [0.5, 0.6) is 0 Å². The van der Waals surface area contributed by atoms with Gasteiger partial charge in [-0.15, -0.1) is 0 Å². The van der Waals surface area contributed by atoms with Crippen molar-refractivity contribution >= 4 is 11.9 Å². The normalized spacial score (nSPS) is 10.6. The molecule has 5 heteroatoms. The molecular formula is C20H22FNO3. The number of hydrogen-bond donors (Lipinski definition) is 1. The molecule has 0 saturated heterocycles. The molecule has 0 unspecified atom stereocenters. The molecule has 0 aliphatic rings. The van der Waals surface area contributed by atoms with Crippen molar-refractivity contribution in [3.05, 3.63) is 71.0 Å². The summed E-state index contributed by atoms with van der Waals surface area (Å²) >= 11 is 0. The van der Waals surface area contributed by atoms with E-state index >= 15 is 0 Å². The van der Waals surface area contributed by atoms with E-state index in [1.807, 2.05) is 12.1 Å². The van der Waals surface area contributed by atoms with Crippen molar-refractivity contribution in [3.63, 3.8) is 0 Å². The summed E-state index contributed by atoms with van der Waals surface area (Å²) in [6, 6.07) is 13.2. The predicted octanol–water partition coefficient (Wildman–Crippen LogP) is 3.46. The van der Waals surface area contributed by atoms with Gasteiger partial charge in [0.1, 0.15) is 5.82 Å². The molecule has 1 N–H and O–H groups in total. The Hall–Kier alpha value is -2.69. The Kier molecular flexibility index (Phi) is 6.69. The van der Waals surface area contributed by atoms with Crippen LogP contribution in [0.25, 0.3) is 0 Å². The van der Waals surface area contributed by atoms with Gasteiger partial charge in [-0.05, 0) is 47.7 Å². The largest absolute Gasteiger partial charge is 0.452 e. The van der Waals surface area contributed by atoms with Crippen LogP contribution in [0.2, 0.25) is 0 Å². The number of benzene rings is 2. The van der Waals surface area contributed by atoms with Gasteiger partial charge in [-0.25, -0.2) is 9.18 Å². The molecule has 0 fully saturated rings. The first-order valence-electron chi connectivity index (χ1n) is 8.24. The van der Waals surface area contributed by atoms with Gasteiger partial charge in [0.2, 0.25) is 0 Å². The van der Waals surface area contributed by atoms with E-state index in [9.17, 15) is 14.0 Å². The van der Waals surface area contributed by atoms with Crippen molar-refractivity contribution in [2.45, 2.75) is 26.2 Å². The van der Waals surface area contributed by atoms with E-state index < -0.39 is 5.97 Å². The zero-order valence-electron chi connectivity index (χ0n) is 14.4. The van der Waals surface area contributed by atoms with Gasteiger partial charge in [0, 0.05) is 6.54 Å². The fourth-order valence-electron chi connectivity index (χ4n) is 2.27. The highest BCUT2D eigenvalue weighted by atomic mass is 19.1. The van der Waals surface area contributed by atoms with Crippen LogP contribution >= 0.6 is 0 Å². The molecule has 1 amide bonds. The molecule has 2 aromatic carbocycles. The number of amides is 1. The van der Waals surface area contributed by atoms with E-state index in [-0.39, 0.29) is 18.3 Å². The van der Waals surface area contributed by atoms with E-state index in [0.29, 0.717) is 24.4 Å². The van der Waals surface area contributed by atoms with Gasteiger partial charge >= 0.3 is 5.97 Å². The molecule has 0 atom stereocenters. The van der Waals surface area contributed by atoms with Crippen molar-refractivity contribution in [2.75, 3.05) is 13.2 Å². The van der Waals surface area contributed by atoms with Crippen molar-refractivity contribution in [3.8, 4) is 0 Å². The first-order chi connectivity index (χ1) is 12.0. The van der Waals surface area contributed by atoms with Gasteiger partial charge in [0.25, 0.3) is 5.91 Å². The molecule has 4 nitrogen and oxygen atoms in total. The van der Waals surface area contributed by atoms with Gasteiger partial charge in [0.15, 0.2) is 6.61 Å². The lowest BCUT2D eigenvalue weighted by Gasteiger charge is -2.08. The standard InChI is InChI=1S/C20H22FNO3/c1-14(2)16-5-7-17(8-6-16)20(24)25-13-19(23)22-12-11-15-3-9-18(21)10-4-15/h3-10,14H,11-13H2,1-2H3,(H,22,23). The molecule has 0 bridgehead atoms. The average molecular weight is 343 g/mol. The Morgan fingerprint density at radius 3 is 2.28 bits per heavy atom. The minimum atomic E-state index is -0.524. The molecule has 2 rings (SSSR count). The highest BCUT2D eigenvalue weighted by Gasteiger charge is 2.10. The summed E-state index contributed by atoms with van der Waals surface area (Å²) in [5, 5.41) is 2.67. The lowest BCUT2D eigenvalue weighted by Crippen LogP contribution is -2.30. The van der Waals surface area contributed by atoms with E-state index in [1.165, 1.54) is 12.1 Å². The van der Waals surface area contributed by atoms with Crippen LogP contribution in [0.15, 0.2) is 48.5 Å². The molecular weight excluding hydrogens is 321 g/mol. The summed E-state index contributed by atoms with van der Waals surface area (Å²) in [5.74, 6) is -0.795. The average Bonchev–Trinajstić information content (AvgIpc) is 2.61. The predicted molar refractivity (Wildman–Crippen MR) is 93.9 cm³/mol. The molecule has 0 radical (unpaired) electrons. The minimum absolute atomic E-state index is 0.291. The summed E-state index contributed by atoms with van der Waals surface area (Å²) in [6.07, 6.45) is 0.580. The van der Waals surface area contributed by atoms with Crippen molar-refractivity contribution in [1.82, 2.24) is 5.32 Å². The number of carbonyl (C=O) groups excluding carboxylic acids is 2. The van der Waals surface area contributed by atoms with Gasteiger partial charge in [-0.3, -0.25) is 4.79 Å². The number of ether oxygens (including phenoxy) is 1. The molecule has 0 aliphatic carbocycles. The smallest absolute Gasteiger partial charge is 0.338 e. The zero-order valence-corrected chi connectivity index (χ0v) is 14.4. The number of rotatable bonds is 7. The fraction of sp³-hybridized carbons (Fsp3) is 0.300. The molecule has 0 saturated carbocycles. The monoisotopic (exact) mass is 343 g/mol. The quantitative estimate of drug-likeness (QED) is 0.783. The van der Waals surface area contributed by atoms with Crippen molar-refractivity contribution in [2.24, 2.45) is 0 Å². The van der Waals surface area contributed by atoms with Gasteiger partial charge < -0.3 is 10.1 Å². The van der Waals surface area contributed by atoms with Gasteiger partial charge in [0.05, 0.1) is 5.56 Å². The van der Waals surface area contributed by atoms with Gasteiger partial charge in [-0.2, -0.15) is 0 Å². The summed E-state index contributed by atoms with van der Waals surface area (Å²) < 4.78 is 17.8. The third-order valence-corrected chi connectivity index (χ3v) is 3.80. The molecule has 0 spiro atoms. The van der Waals surface area contributed by atoms with E-state index in [2.05, 4.69) is 19.2 Å². The second kappa shape index (κ2) is 8.97. The second-order valence-electron chi connectivity index (χ2n) is 6.08. The van der Waals surface area contributed by atoms with Crippen LogP contribution in [-0.2, 0) is 16.0 Å². The maximum atomic E-state index is 12.8. The SMILES string of the molecule is CC(C)c1ccc(C(=O)OCC(=O)NCCc2ccc(F)cc2)cc1. The van der Waals surface area contributed by atoms with Crippen molar-refractivity contribution in [1.29, 1.82) is 0 Å². The van der Waals surface area contributed by atoms with Crippen LogP contribution in [-0.4, -0.2) is 25.0 Å². The van der Waals surface area contributed by atoms with Crippen LogP contribution in [0.1, 0.15) is 41.3 Å². The molecule has 132 valence electrons. The summed E-state index contributed by atoms with van der Waals surface area (Å²) in [6.45, 7) is 4.21. The topological polar surface area (TPSA) is 55.4 Å². The van der Waals surface area contributed by atoms with Crippen LogP contribution in [0.4, 0.5) is 4.39 Å². The fourth-order valence-corrected chi connectivity index (χ4v) is 2.27. The Morgan fingerprint density at radius 1 is 1.04 bits per heavy atom. The third-order valence-electron chi connectivity index (χ3n) is 3.80. The Labute approximate surface area is 147 Å². The molecule has 2 aromatic rings. The molecule has 0 aromatic heterocycles. The summed E-state index contributed by atoms with van der Waals surface area (Å²) in [4.78, 5) is 23.6. The highest BCUT2D eigenvalue weighted by molar-refractivity contribution is 5.91. The number of halogens is 1. The summed E-state index contributed by atoms with van der Waals surface area (Å²) in [5.41, 5.74) is 2.47. The maximum Gasteiger partial charge on any atom is 0.338 e. The Balaban J connectivity index is 1.71. The Bertz CT molecular complexity index is 709. The van der Waals surface area contributed by atoms with E-state index in [1.54, 1.807) is 24.3 Å². The second-order valence-corrected chi connectivity index (χ2v) is 6.08. The number of carbonyl (C=O) groups is 2. The van der Waals surface area contributed by atoms with Gasteiger partial charge in [-0.1, -0.05) is 38.1 Å². The zero-order chi connectivity index (χ0) is 18.2.